The molecule has 1 atom stereocenters. The van der Waals surface area contributed by atoms with Gasteiger partial charge in [0.2, 0.25) is 6.41 Å². The van der Waals surface area contributed by atoms with Crippen molar-refractivity contribution < 1.29 is 37.4 Å². The van der Waals surface area contributed by atoms with E-state index in [1.165, 1.54) is 12.1 Å². The first-order chi connectivity index (χ1) is 14.0. The molecule has 0 fully saturated rings. The van der Waals surface area contributed by atoms with E-state index >= 15 is 0 Å². The van der Waals surface area contributed by atoms with Gasteiger partial charge in [0.15, 0.2) is 5.60 Å². The third-order valence-electron chi connectivity index (χ3n) is 4.19. The summed E-state index contributed by atoms with van der Waals surface area (Å²) < 4.78 is 54.2. The van der Waals surface area contributed by atoms with Crippen LogP contribution in [0.4, 0.5) is 23.4 Å². The second kappa shape index (κ2) is 9.09. The van der Waals surface area contributed by atoms with Crippen LogP contribution in [0.3, 0.4) is 0 Å². The molecule has 164 valence electrons. The summed E-state index contributed by atoms with van der Waals surface area (Å²) in [6.45, 7) is -3.54. The predicted octanol–water partition coefficient (Wildman–Crippen LogP) is 0.0675. The standard InChI is InChI=1S/C17H19F4N5O4/c18-11-1-3-12(4-2-11)26-14(22)13(7-24-26)15(29)23-8-16(30,17(19,20)21)9-25(10-28)5-6-27/h1-4,7,10,27,30H,5-6,8-9,22H2,(H,23,29). The summed E-state index contributed by atoms with van der Waals surface area (Å²) in [6.07, 6.45) is -4.15. The molecular weight excluding hydrogens is 414 g/mol. The van der Waals surface area contributed by atoms with E-state index in [0.29, 0.717) is 10.6 Å². The molecular formula is C17H19F4N5O4. The largest absolute Gasteiger partial charge is 0.420 e. The number of hydrogen-bond donors (Lipinski definition) is 4. The molecule has 0 saturated heterocycles. The zero-order valence-electron chi connectivity index (χ0n) is 15.4. The number of aliphatic hydroxyl groups excluding tert-OH is 1. The van der Waals surface area contributed by atoms with Crippen LogP contribution in [0, 0.1) is 5.82 Å². The number of amides is 2. The molecule has 2 aromatic rings. The lowest BCUT2D eigenvalue weighted by molar-refractivity contribution is -0.260. The average molecular weight is 433 g/mol. The summed E-state index contributed by atoms with van der Waals surface area (Å²) in [7, 11) is 0. The molecule has 0 saturated carbocycles. The SMILES string of the molecule is Nc1c(C(=O)NCC(O)(CN(C=O)CCO)C(F)(F)F)cnn1-c1ccc(F)cc1. The molecule has 0 spiro atoms. The van der Waals surface area contributed by atoms with Gasteiger partial charge in [-0.15, -0.1) is 0 Å². The number of benzene rings is 1. The molecule has 13 heteroatoms. The van der Waals surface area contributed by atoms with E-state index in [1.807, 2.05) is 5.32 Å². The van der Waals surface area contributed by atoms with Crippen molar-refractivity contribution in [2.24, 2.45) is 0 Å². The molecule has 1 aromatic heterocycles. The van der Waals surface area contributed by atoms with Gasteiger partial charge >= 0.3 is 6.18 Å². The minimum Gasteiger partial charge on any atom is -0.395 e. The number of rotatable bonds is 9. The number of carbonyl (C=O) groups excluding carboxylic acids is 2. The average Bonchev–Trinajstić information content (AvgIpc) is 3.07. The summed E-state index contributed by atoms with van der Waals surface area (Å²) in [4.78, 5) is 23.7. The van der Waals surface area contributed by atoms with Crippen molar-refractivity contribution in [3.63, 3.8) is 0 Å². The summed E-state index contributed by atoms with van der Waals surface area (Å²) >= 11 is 0. The second-order valence-corrected chi connectivity index (χ2v) is 6.34. The van der Waals surface area contributed by atoms with Gasteiger partial charge in [-0.05, 0) is 24.3 Å². The number of nitrogen functional groups attached to an aromatic ring is 1. The van der Waals surface area contributed by atoms with Crippen molar-refractivity contribution in [2.45, 2.75) is 11.8 Å². The van der Waals surface area contributed by atoms with Crippen molar-refractivity contribution in [2.75, 3.05) is 32.0 Å². The van der Waals surface area contributed by atoms with E-state index in [9.17, 15) is 32.3 Å². The van der Waals surface area contributed by atoms with Crippen LogP contribution in [0.15, 0.2) is 30.5 Å². The summed E-state index contributed by atoms with van der Waals surface area (Å²) in [5, 5.41) is 24.6. The fourth-order valence-corrected chi connectivity index (χ4v) is 2.52. The minimum absolute atomic E-state index is 0.0411. The molecule has 0 aliphatic heterocycles. The molecule has 1 heterocycles. The van der Waals surface area contributed by atoms with Crippen molar-refractivity contribution in [1.82, 2.24) is 20.0 Å². The molecule has 0 radical (unpaired) electrons. The fraction of sp³-hybridized carbons (Fsp3) is 0.353. The van der Waals surface area contributed by atoms with Gasteiger partial charge in [-0.1, -0.05) is 0 Å². The van der Waals surface area contributed by atoms with Crippen molar-refractivity contribution in [3.8, 4) is 5.69 Å². The van der Waals surface area contributed by atoms with E-state index in [0.717, 1.165) is 23.0 Å². The minimum atomic E-state index is -5.19. The maximum absolute atomic E-state index is 13.4. The van der Waals surface area contributed by atoms with Crippen LogP contribution < -0.4 is 11.1 Å². The van der Waals surface area contributed by atoms with Crippen LogP contribution in [0.1, 0.15) is 10.4 Å². The van der Waals surface area contributed by atoms with Crippen LogP contribution in [0.5, 0.6) is 0 Å². The molecule has 2 amide bonds. The van der Waals surface area contributed by atoms with Crippen molar-refractivity contribution >= 4 is 18.1 Å². The van der Waals surface area contributed by atoms with Gasteiger partial charge in [0.25, 0.3) is 5.91 Å². The lowest BCUT2D eigenvalue weighted by Gasteiger charge is -2.34. The highest BCUT2D eigenvalue weighted by atomic mass is 19.4. The number of nitrogens with two attached hydrogens (primary N) is 1. The Morgan fingerprint density at radius 3 is 2.47 bits per heavy atom. The Morgan fingerprint density at radius 1 is 1.30 bits per heavy atom. The lowest BCUT2D eigenvalue weighted by atomic mass is 10.0. The molecule has 1 unspecified atom stereocenters. The number of alkyl halides is 3. The van der Waals surface area contributed by atoms with Gasteiger partial charge in [-0.25, -0.2) is 9.07 Å². The highest BCUT2D eigenvalue weighted by Crippen LogP contribution is 2.31. The molecule has 0 bridgehead atoms. The Kier molecular flexibility index (Phi) is 7.00. The second-order valence-electron chi connectivity index (χ2n) is 6.34. The molecule has 5 N–H and O–H groups in total. The van der Waals surface area contributed by atoms with Gasteiger partial charge in [0, 0.05) is 6.54 Å². The Morgan fingerprint density at radius 2 is 1.93 bits per heavy atom. The topological polar surface area (TPSA) is 134 Å². The number of carbonyl (C=O) groups is 2. The van der Waals surface area contributed by atoms with E-state index in [4.69, 9.17) is 10.8 Å². The van der Waals surface area contributed by atoms with Crippen LogP contribution in [-0.4, -0.2) is 75.2 Å². The van der Waals surface area contributed by atoms with Crippen LogP contribution in [0.2, 0.25) is 0 Å². The van der Waals surface area contributed by atoms with Gasteiger partial charge in [-0.2, -0.15) is 18.3 Å². The van der Waals surface area contributed by atoms with Crippen molar-refractivity contribution in [1.29, 1.82) is 0 Å². The third kappa shape index (κ3) is 5.04. The van der Waals surface area contributed by atoms with E-state index in [2.05, 4.69) is 5.10 Å². The first kappa shape index (κ1) is 23.1. The number of aliphatic hydroxyl groups is 2. The summed E-state index contributed by atoms with van der Waals surface area (Å²) in [6, 6.07) is 4.92. The van der Waals surface area contributed by atoms with Crippen LogP contribution in [-0.2, 0) is 4.79 Å². The quantitative estimate of drug-likeness (QED) is 0.327. The number of nitrogens with zero attached hydrogens (tertiary/aromatic N) is 3. The molecule has 0 aliphatic carbocycles. The van der Waals surface area contributed by atoms with E-state index in [-0.39, 0.29) is 17.8 Å². The third-order valence-corrected chi connectivity index (χ3v) is 4.19. The predicted molar refractivity (Wildman–Crippen MR) is 96.0 cm³/mol. The van der Waals surface area contributed by atoms with Gasteiger partial charge in [0.05, 0.1) is 31.6 Å². The van der Waals surface area contributed by atoms with Gasteiger partial charge in [-0.3, -0.25) is 9.59 Å². The highest BCUT2D eigenvalue weighted by molar-refractivity contribution is 5.98. The Labute approximate surface area is 167 Å². The Bertz CT molecular complexity index is 887. The number of hydrogen-bond acceptors (Lipinski definition) is 6. The normalized spacial score (nSPS) is 13.5. The monoisotopic (exact) mass is 433 g/mol. The number of halogens is 4. The van der Waals surface area contributed by atoms with Crippen LogP contribution >= 0.6 is 0 Å². The van der Waals surface area contributed by atoms with E-state index in [1.54, 1.807) is 0 Å². The maximum Gasteiger partial charge on any atom is 0.420 e. The Hall–Kier alpha value is -3.19. The molecule has 9 nitrogen and oxygen atoms in total. The first-order valence-electron chi connectivity index (χ1n) is 8.49. The zero-order chi connectivity index (χ0) is 22.5. The smallest absolute Gasteiger partial charge is 0.395 e. The highest BCUT2D eigenvalue weighted by Gasteiger charge is 2.54. The molecule has 30 heavy (non-hydrogen) atoms. The lowest BCUT2D eigenvalue weighted by Crippen LogP contribution is -2.59. The zero-order valence-corrected chi connectivity index (χ0v) is 15.4. The fourth-order valence-electron chi connectivity index (χ4n) is 2.52. The number of aromatic nitrogens is 2. The van der Waals surface area contributed by atoms with Gasteiger partial charge in [0.1, 0.15) is 17.2 Å². The first-order valence-corrected chi connectivity index (χ1v) is 8.49. The van der Waals surface area contributed by atoms with Crippen LogP contribution in [0.25, 0.3) is 5.69 Å². The summed E-state index contributed by atoms with van der Waals surface area (Å²) in [5.74, 6) is -1.78. The molecule has 0 aliphatic rings. The summed E-state index contributed by atoms with van der Waals surface area (Å²) in [5.41, 5.74) is 2.39. The molecule has 1 aromatic carbocycles. The maximum atomic E-state index is 13.4. The number of nitrogens with one attached hydrogen (secondary N) is 1. The van der Waals surface area contributed by atoms with Gasteiger partial charge < -0.3 is 26.2 Å². The van der Waals surface area contributed by atoms with E-state index < -0.39 is 49.7 Å². The van der Waals surface area contributed by atoms with Crippen molar-refractivity contribution in [3.05, 3.63) is 41.8 Å². The Balaban J connectivity index is 2.17. The number of anilines is 1. The molecule has 2 rings (SSSR count).